The summed E-state index contributed by atoms with van der Waals surface area (Å²) in [7, 11) is 1.86. The molecule has 5 nitrogen and oxygen atoms in total. The molecule has 0 saturated carbocycles. The summed E-state index contributed by atoms with van der Waals surface area (Å²) in [4.78, 5) is 20.9. The van der Waals surface area contributed by atoms with Crippen molar-refractivity contribution >= 4 is 11.9 Å². The van der Waals surface area contributed by atoms with E-state index in [0.29, 0.717) is 17.6 Å². The molecule has 1 aromatic heterocycles. The van der Waals surface area contributed by atoms with Crippen molar-refractivity contribution in [1.29, 1.82) is 0 Å². The second kappa shape index (κ2) is 4.92. The Morgan fingerprint density at radius 1 is 1.50 bits per heavy atom. The lowest BCUT2D eigenvalue weighted by atomic mass is 10.2. The smallest absolute Gasteiger partial charge is 0.354 e. The summed E-state index contributed by atoms with van der Waals surface area (Å²) in [6, 6.07) is 1.47. The van der Waals surface area contributed by atoms with Crippen molar-refractivity contribution in [3.63, 3.8) is 0 Å². The topological polar surface area (TPSA) is 66.3 Å². The Kier molecular flexibility index (Phi) is 3.82. The quantitative estimate of drug-likeness (QED) is 0.839. The van der Waals surface area contributed by atoms with Gasteiger partial charge < -0.3 is 10.0 Å². The predicted molar refractivity (Wildman–Crippen MR) is 61.8 cm³/mol. The summed E-state index contributed by atoms with van der Waals surface area (Å²) >= 11 is 0. The maximum Gasteiger partial charge on any atom is 0.354 e. The fraction of sp³-hybridized carbons (Fsp3) is 0.545. The van der Waals surface area contributed by atoms with E-state index in [1.54, 1.807) is 6.92 Å². The van der Waals surface area contributed by atoms with Crippen molar-refractivity contribution in [2.75, 3.05) is 18.5 Å². The van der Waals surface area contributed by atoms with Gasteiger partial charge in [-0.05, 0) is 18.9 Å². The van der Waals surface area contributed by atoms with Gasteiger partial charge in [-0.3, -0.25) is 0 Å². The lowest BCUT2D eigenvalue weighted by Crippen LogP contribution is -2.25. The molecule has 1 aromatic rings. The molecular weight excluding hydrogens is 206 g/mol. The lowest BCUT2D eigenvalue weighted by molar-refractivity contribution is 0.0690. The van der Waals surface area contributed by atoms with Crippen molar-refractivity contribution < 1.29 is 9.90 Å². The highest BCUT2D eigenvalue weighted by molar-refractivity contribution is 5.85. The van der Waals surface area contributed by atoms with E-state index >= 15 is 0 Å². The first-order chi connectivity index (χ1) is 7.40. The van der Waals surface area contributed by atoms with Gasteiger partial charge in [0.25, 0.3) is 0 Å². The second-order valence-corrected chi connectivity index (χ2v) is 4.27. The van der Waals surface area contributed by atoms with E-state index in [-0.39, 0.29) is 5.69 Å². The van der Waals surface area contributed by atoms with Crippen LogP contribution in [0, 0.1) is 12.8 Å². The van der Waals surface area contributed by atoms with Crippen LogP contribution < -0.4 is 4.90 Å². The minimum Gasteiger partial charge on any atom is -0.477 e. The average Bonchev–Trinajstić information content (AvgIpc) is 2.15. The van der Waals surface area contributed by atoms with E-state index in [9.17, 15) is 4.79 Å². The number of anilines is 1. The molecule has 5 heteroatoms. The first-order valence-electron chi connectivity index (χ1n) is 5.20. The average molecular weight is 223 g/mol. The Balaban J connectivity index is 3.00. The van der Waals surface area contributed by atoms with Gasteiger partial charge in [-0.1, -0.05) is 13.8 Å². The molecule has 1 heterocycles. The van der Waals surface area contributed by atoms with Crippen LogP contribution in [0.1, 0.15) is 30.0 Å². The number of carboxylic acid groups (broad SMARTS) is 1. The van der Waals surface area contributed by atoms with Gasteiger partial charge in [0.15, 0.2) is 5.69 Å². The summed E-state index contributed by atoms with van der Waals surface area (Å²) < 4.78 is 0. The third kappa shape index (κ3) is 3.18. The fourth-order valence-corrected chi connectivity index (χ4v) is 1.46. The van der Waals surface area contributed by atoms with Crippen LogP contribution in [0.15, 0.2) is 6.07 Å². The van der Waals surface area contributed by atoms with Crippen molar-refractivity contribution in [2.24, 2.45) is 5.92 Å². The van der Waals surface area contributed by atoms with Crippen LogP contribution in [0.4, 0.5) is 5.95 Å². The Morgan fingerprint density at radius 3 is 2.62 bits per heavy atom. The van der Waals surface area contributed by atoms with Crippen molar-refractivity contribution in [3.8, 4) is 0 Å². The molecule has 1 N–H and O–H groups in total. The van der Waals surface area contributed by atoms with E-state index in [0.717, 1.165) is 6.54 Å². The molecule has 0 unspecified atom stereocenters. The molecule has 0 aromatic carbocycles. The first-order valence-corrected chi connectivity index (χ1v) is 5.20. The number of aryl methyl sites for hydroxylation is 1. The monoisotopic (exact) mass is 223 g/mol. The number of nitrogens with zero attached hydrogens (tertiary/aromatic N) is 3. The highest BCUT2D eigenvalue weighted by Gasteiger charge is 2.12. The predicted octanol–water partition coefficient (Wildman–Crippen LogP) is 1.58. The Bertz CT molecular complexity index is 391. The van der Waals surface area contributed by atoms with Gasteiger partial charge in [-0.25, -0.2) is 14.8 Å². The van der Waals surface area contributed by atoms with Gasteiger partial charge in [-0.15, -0.1) is 0 Å². The molecule has 0 fully saturated rings. The second-order valence-electron chi connectivity index (χ2n) is 4.27. The molecule has 1 rings (SSSR count). The highest BCUT2D eigenvalue weighted by atomic mass is 16.4. The number of carbonyl (C=O) groups is 1. The summed E-state index contributed by atoms with van der Waals surface area (Å²) in [5.41, 5.74) is 0.705. The minimum absolute atomic E-state index is 0.0399. The van der Waals surface area contributed by atoms with Gasteiger partial charge in [-0.2, -0.15) is 0 Å². The van der Waals surface area contributed by atoms with Crippen molar-refractivity contribution in [2.45, 2.75) is 20.8 Å². The molecule has 0 aliphatic carbocycles. The van der Waals surface area contributed by atoms with Gasteiger partial charge in [0.1, 0.15) is 0 Å². The lowest BCUT2D eigenvalue weighted by Gasteiger charge is -2.19. The minimum atomic E-state index is -1.02. The van der Waals surface area contributed by atoms with Crippen molar-refractivity contribution in [3.05, 3.63) is 17.5 Å². The fourth-order valence-electron chi connectivity index (χ4n) is 1.46. The third-order valence-electron chi connectivity index (χ3n) is 2.04. The van der Waals surface area contributed by atoms with E-state index in [1.165, 1.54) is 6.07 Å². The molecule has 0 bridgehead atoms. The number of hydrogen-bond acceptors (Lipinski definition) is 4. The molecule has 0 atom stereocenters. The Labute approximate surface area is 95.1 Å². The first kappa shape index (κ1) is 12.4. The van der Waals surface area contributed by atoms with Crippen LogP contribution in [-0.2, 0) is 0 Å². The normalized spacial score (nSPS) is 10.6. The Hall–Kier alpha value is -1.65. The van der Waals surface area contributed by atoms with Gasteiger partial charge in [0.2, 0.25) is 5.95 Å². The van der Waals surface area contributed by atoms with Crippen molar-refractivity contribution in [1.82, 2.24) is 9.97 Å². The van der Waals surface area contributed by atoms with Gasteiger partial charge in [0.05, 0.1) is 0 Å². The number of aromatic nitrogens is 2. The van der Waals surface area contributed by atoms with E-state index < -0.39 is 5.97 Å². The number of hydrogen-bond donors (Lipinski definition) is 1. The third-order valence-corrected chi connectivity index (χ3v) is 2.04. The molecule has 16 heavy (non-hydrogen) atoms. The number of aromatic carboxylic acids is 1. The van der Waals surface area contributed by atoms with E-state index in [1.807, 2.05) is 11.9 Å². The zero-order chi connectivity index (χ0) is 12.3. The summed E-state index contributed by atoms with van der Waals surface area (Å²) in [5.74, 6) is -0.0850. The summed E-state index contributed by atoms with van der Waals surface area (Å²) in [5, 5.41) is 8.89. The molecule has 0 amide bonds. The van der Waals surface area contributed by atoms with Gasteiger partial charge >= 0.3 is 5.97 Å². The van der Waals surface area contributed by atoms with Gasteiger partial charge in [0, 0.05) is 19.3 Å². The number of rotatable bonds is 4. The van der Waals surface area contributed by atoms with E-state index in [4.69, 9.17) is 5.11 Å². The van der Waals surface area contributed by atoms with Crippen LogP contribution in [0.2, 0.25) is 0 Å². The van der Waals surface area contributed by atoms with Crippen LogP contribution in [-0.4, -0.2) is 34.6 Å². The Morgan fingerprint density at radius 2 is 2.12 bits per heavy atom. The molecule has 0 spiro atoms. The molecule has 0 aliphatic rings. The van der Waals surface area contributed by atoms with Crippen LogP contribution in [0.25, 0.3) is 0 Å². The van der Waals surface area contributed by atoms with Crippen LogP contribution >= 0.6 is 0 Å². The van der Waals surface area contributed by atoms with Crippen LogP contribution in [0.3, 0.4) is 0 Å². The standard InChI is InChI=1S/C11H17N3O2/c1-7(2)6-14(4)11-12-8(3)5-9(13-11)10(15)16/h5,7H,6H2,1-4H3,(H,15,16). The summed E-state index contributed by atoms with van der Waals surface area (Å²) in [6.45, 7) is 6.73. The maximum absolute atomic E-state index is 10.8. The van der Waals surface area contributed by atoms with Crippen LogP contribution in [0.5, 0.6) is 0 Å². The summed E-state index contributed by atoms with van der Waals surface area (Å²) in [6.07, 6.45) is 0. The highest BCUT2D eigenvalue weighted by Crippen LogP contribution is 2.10. The molecule has 88 valence electrons. The largest absolute Gasteiger partial charge is 0.477 e. The SMILES string of the molecule is Cc1cc(C(=O)O)nc(N(C)CC(C)C)n1. The molecule has 0 radical (unpaired) electrons. The van der Waals surface area contributed by atoms with E-state index in [2.05, 4.69) is 23.8 Å². The molecular formula is C11H17N3O2. The maximum atomic E-state index is 10.8. The zero-order valence-electron chi connectivity index (χ0n) is 10.1. The molecule has 0 saturated heterocycles. The zero-order valence-corrected chi connectivity index (χ0v) is 10.1. The molecule has 0 aliphatic heterocycles. The number of carboxylic acids is 1.